The minimum Gasteiger partial charge on any atom is -0.465 e. The Morgan fingerprint density at radius 1 is 1.23 bits per heavy atom. The van der Waals surface area contributed by atoms with Crippen molar-refractivity contribution in [1.82, 2.24) is 0 Å². The standard InChI is InChI=1S/C16H14BrNO3S/c1-21-16(20)13-11-3-2-4-12(11)22-15(13)18-14(19)9-5-7-10(17)8-6-9/h5-8H,2-4H2,1H3,(H,18,19). The van der Waals surface area contributed by atoms with Gasteiger partial charge in [-0.2, -0.15) is 0 Å². The zero-order valence-electron chi connectivity index (χ0n) is 11.9. The van der Waals surface area contributed by atoms with Gasteiger partial charge >= 0.3 is 5.97 Å². The van der Waals surface area contributed by atoms with E-state index in [0.29, 0.717) is 16.1 Å². The second kappa shape index (κ2) is 6.22. The summed E-state index contributed by atoms with van der Waals surface area (Å²) >= 11 is 4.82. The van der Waals surface area contributed by atoms with Gasteiger partial charge in [0.25, 0.3) is 5.91 Å². The first-order valence-corrected chi connectivity index (χ1v) is 8.51. The Balaban J connectivity index is 1.90. The van der Waals surface area contributed by atoms with E-state index >= 15 is 0 Å². The van der Waals surface area contributed by atoms with Crippen LogP contribution >= 0.6 is 27.3 Å². The number of methoxy groups -OCH3 is 1. The molecule has 0 bridgehead atoms. The molecule has 0 unspecified atom stereocenters. The molecule has 1 amide bonds. The van der Waals surface area contributed by atoms with Crippen LogP contribution in [0, 0.1) is 0 Å². The zero-order valence-corrected chi connectivity index (χ0v) is 14.3. The lowest BCUT2D eigenvalue weighted by Gasteiger charge is -2.07. The number of carbonyl (C=O) groups excluding carboxylic acids is 2. The quantitative estimate of drug-likeness (QED) is 0.818. The van der Waals surface area contributed by atoms with E-state index in [9.17, 15) is 9.59 Å². The molecule has 22 heavy (non-hydrogen) atoms. The fraction of sp³-hybridized carbons (Fsp3) is 0.250. The van der Waals surface area contributed by atoms with Gasteiger partial charge in [-0.1, -0.05) is 15.9 Å². The van der Waals surface area contributed by atoms with Gasteiger partial charge in [0.15, 0.2) is 0 Å². The molecule has 0 spiro atoms. The van der Waals surface area contributed by atoms with Crippen molar-refractivity contribution in [2.24, 2.45) is 0 Å². The summed E-state index contributed by atoms with van der Waals surface area (Å²) in [4.78, 5) is 25.6. The number of halogens is 1. The molecule has 0 fully saturated rings. The molecule has 0 radical (unpaired) electrons. The SMILES string of the molecule is COC(=O)c1c(NC(=O)c2ccc(Br)cc2)sc2c1CCC2. The molecule has 1 aliphatic carbocycles. The Bertz CT molecular complexity index is 737. The highest BCUT2D eigenvalue weighted by Crippen LogP contribution is 2.39. The fourth-order valence-corrected chi connectivity index (χ4v) is 4.12. The Hall–Kier alpha value is -1.66. The van der Waals surface area contributed by atoms with Gasteiger partial charge in [-0.25, -0.2) is 4.79 Å². The van der Waals surface area contributed by atoms with Gasteiger partial charge in [0.1, 0.15) is 5.00 Å². The van der Waals surface area contributed by atoms with Crippen LogP contribution in [-0.2, 0) is 17.6 Å². The maximum Gasteiger partial charge on any atom is 0.341 e. The van der Waals surface area contributed by atoms with Gasteiger partial charge in [0.05, 0.1) is 12.7 Å². The predicted octanol–water partition coefficient (Wildman–Crippen LogP) is 4.04. The molecule has 0 atom stereocenters. The second-order valence-corrected chi connectivity index (χ2v) is 7.03. The molecule has 3 rings (SSSR count). The summed E-state index contributed by atoms with van der Waals surface area (Å²) in [6.45, 7) is 0. The number of anilines is 1. The number of esters is 1. The molecule has 1 aromatic heterocycles. The first-order valence-electron chi connectivity index (χ1n) is 6.90. The number of hydrogen-bond donors (Lipinski definition) is 1. The molecule has 1 aliphatic rings. The molecular formula is C16H14BrNO3S. The first kappa shape index (κ1) is 15.2. The number of hydrogen-bond acceptors (Lipinski definition) is 4. The third kappa shape index (κ3) is 2.80. The predicted molar refractivity (Wildman–Crippen MR) is 89.8 cm³/mol. The highest BCUT2D eigenvalue weighted by molar-refractivity contribution is 9.10. The van der Waals surface area contributed by atoms with Gasteiger partial charge in [-0.05, 0) is 49.1 Å². The molecule has 6 heteroatoms. The highest BCUT2D eigenvalue weighted by atomic mass is 79.9. The maximum atomic E-state index is 12.3. The van der Waals surface area contributed by atoms with Crippen LogP contribution in [0.1, 0.15) is 37.6 Å². The summed E-state index contributed by atoms with van der Waals surface area (Å²) in [5, 5.41) is 3.44. The third-order valence-corrected chi connectivity index (χ3v) is 5.38. The van der Waals surface area contributed by atoms with E-state index in [1.54, 1.807) is 12.1 Å². The average Bonchev–Trinajstić information content (AvgIpc) is 3.07. The summed E-state index contributed by atoms with van der Waals surface area (Å²) in [6.07, 6.45) is 2.87. The lowest BCUT2D eigenvalue weighted by Crippen LogP contribution is -2.14. The van der Waals surface area contributed by atoms with Crippen LogP contribution in [0.25, 0.3) is 0 Å². The first-order chi connectivity index (χ1) is 10.6. The minimum atomic E-state index is -0.384. The second-order valence-electron chi connectivity index (χ2n) is 5.01. The van der Waals surface area contributed by atoms with Crippen LogP contribution in [0.5, 0.6) is 0 Å². The van der Waals surface area contributed by atoms with Gasteiger partial charge in [0.2, 0.25) is 0 Å². The van der Waals surface area contributed by atoms with Crippen LogP contribution in [0.4, 0.5) is 5.00 Å². The maximum absolute atomic E-state index is 12.3. The lowest BCUT2D eigenvalue weighted by atomic mass is 10.1. The third-order valence-electron chi connectivity index (χ3n) is 3.64. The van der Waals surface area contributed by atoms with Crippen LogP contribution in [0.2, 0.25) is 0 Å². The average molecular weight is 380 g/mol. The molecule has 2 aromatic rings. The number of ether oxygens (including phenoxy) is 1. The number of aryl methyl sites for hydroxylation is 1. The summed E-state index contributed by atoms with van der Waals surface area (Å²) in [5.41, 5.74) is 2.10. The molecule has 0 saturated heterocycles. The lowest BCUT2D eigenvalue weighted by molar-refractivity contribution is 0.0601. The van der Waals surface area contributed by atoms with Crippen molar-refractivity contribution in [3.05, 3.63) is 50.3 Å². The number of amides is 1. The summed E-state index contributed by atoms with van der Waals surface area (Å²) in [6, 6.07) is 7.09. The van der Waals surface area contributed by atoms with Crippen LogP contribution in [0.15, 0.2) is 28.7 Å². The van der Waals surface area contributed by atoms with Crippen molar-refractivity contribution >= 4 is 44.1 Å². The van der Waals surface area contributed by atoms with Crippen molar-refractivity contribution in [3.8, 4) is 0 Å². The van der Waals surface area contributed by atoms with Crippen molar-refractivity contribution in [1.29, 1.82) is 0 Å². The highest BCUT2D eigenvalue weighted by Gasteiger charge is 2.28. The van der Waals surface area contributed by atoms with Gasteiger partial charge in [0, 0.05) is 14.9 Å². The molecule has 1 N–H and O–H groups in total. The molecule has 0 saturated carbocycles. The molecular weight excluding hydrogens is 366 g/mol. The number of rotatable bonds is 3. The number of nitrogens with one attached hydrogen (secondary N) is 1. The minimum absolute atomic E-state index is 0.224. The molecule has 1 aromatic carbocycles. The van der Waals surface area contributed by atoms with Crippen molar-refractivity contribution < 1.29 is 14.3 Å². The van der Waals surface area contributed by atoms with Crippen molar-refractivity contribution in [2.45, 2.75) is 19.3 Å². The van der Waals surface area contributed by atoms with E-state index < -0.39 is 0 Å². The van der Waals surface area contributed by atoms with E-state index in [2.05, 4.69) is 21.2 Å². The number of fused-ring (bicyclic) bond motifs is 1. The van der Waals surface area contributed by atoms with Crippen LogP contribution < -0.4 is 5.32 Å². The van der Waals surface area contributed by atoms with Gasteiger partial charge < -0.3 is 10.1 Å². The van der Waals surface area contributed by atoms with Crippen LogP contribution in [0.3, 0.4) is 0 Å². The topological polar surface area (TPSA) is 55.4 Å². The molecule has 114 valence electrons. The smallest absolute Gasteiger partial charge is 0.341 e. The molecule has 0 aliphatic heterocycles. The van der Waals surface area contributed by atoms with Gasteiger partial charge in [-0.3, -0.25) is 4.79 Å². The Morgan fingerprint density at radius 2 is 1.95 bits per heavy atom. The Labute approximate surface area is 140 Å². The van der Waals surface area contributed by atoms with Gasteiger partial charge in [-0.15, -0.1) is 11.3 Å². The number of thiophene rings is 1. The zero-order chi connectivity index (χ0) is 15.7. The molecule has 4 nitrogen and oxygen atoms in total. The summed E-state index contributed by atoms with van der Waals surface area (Å²) < 4.78 is 5.79. The Kier molecular flexibility index (Phi) is 4.31. The normalized spacial score (nSPS) is 12.8. The van der Waals surface area contributed by atoms with E-state index in [1.807, 2.05) is 12.1 Å². The van der Waals surface area contributed by atoms with E-state index in [1.165, 1.54) is 23.3 Å². The summed E-state index contributed by atoms with van der Waals surface area (Å²) in [7, 11) is 1.36. The monoisotopic (exact) mass is 379 g/mol. The van der Waals surface area contributed by atoms with Crippen molar-refractivity contribution in [3.63, 3.8) is 0 Å². The molecule has 1 heterocycles. The number of carbonyl (C=O) groups is 2. The fourth-order valence-electron chi connectivity index (χ4n) is 2.59. The van der Waals surface area contributed by atoms with Crippen molar-refractivity contribution in [2.75, 3.05) is 12.4 Å². The Morgan fingerprint density at radius 3 is 2.64 bits per heavy atom. The van der Waals surface area contributed by atoms with E-state index in [4.69, 9.17) is 4.74 Å². The largest absolute Gasteiger partial charge is 0.465 e. The van der Waals surface area contributed by atoms with E-state index in [0.717, 1.165) is 29.3 Å². The van der Waals surface area contributed by atoms with Crippen LogP contribution in [-0.4, -0.2) is 19.0 Å². The number of benzene rings is 1. The summed E-state index contributed by atoms with van der Waals surface area (Å²) in [5.74, 6) is -0.608. The van der Waals surface area contributed by atoms with E-state index in [-0.39, 0.29) is 11.9 Å².